The van der Waals surface area contributed by atoms with Gasteiger partial charge in [-0.25, -0.2) is 8.42 Å². The van der Waals surface area contributed by atoms with Crippen LogP contribution in [0.4, 0.5) is 11.4 Å². The number of nitrogens with zero attached hydrogens (tertiary/aromatic N) is 1. The van der Waals surface area contributed by atoms with Crippen molar-refractivity contribution in [2.45, 2.75) is 4.90 Å². The minimum atomic E-state index is -3.95. The molecule has 1 amide bonds. The molecule has 3 aromatic carbocycles. The number of nitrogens with one attached hydrogen (secondary N) is 1. The molecule has 3 aromatic rings. The van der Waals surface area contributed by atoms with Crippen molar-refractivity contribution in [2.24, 2.45) is 0 Å². The van der Waals surface area contributed by atoms with Crippen molar-refractivity contribution in [3.05, 3.63) is 86.4 Å². The van der Waals surface area contributed by atoms with Gasteiger partial charge in [-0.05, 0) is 77.2 Å². The minimum Gasteiger partial charge on any atom is -0.324 e. The minimum absolute atomic E-state index is 0.0980. The first-order valence-electron chi connectivity index (χ1n) is 8.35. The lowest BCUT2D eigenvalue weighted by Gasteiger charge is -2.24. The lowest BCUT2D eigenvalue weighted by molar-refractivity contribution is -0.114. The lowest BCUT2D eigenvalue weighted by atomic mass is 10.3. The number of carbonyl (C=O) groups is 1. The van der Waals surface area contributed by atoms with E-state index < -0.39 is 22.5 Å². The second kappa shape index (κ2) is 9.34. The third-order valence-corrected chi connectivity index (χ3v) is 7.18. The maximum atomic E-state index is 13.2. The Morgan fingerprint density at radius 3 is 2.21 bits per heavy atom. The van der Waals surface area contributed by atoms with Gasteiger partial charge in [-0.2, -0.15) is 0 Å². The molecular weight excluding hydrogens is 546 g/mol. The zero-order valence-corrected chi connectivity index (χ0v) is 19.3. The van der Waals surface area contributed by atoms with E-state index in [1.54, 1.807) is 54.6 Å². The zero-order chi connectivity index (χ0) is 21.0. The van der Waals surface area contributed by atoms with Crippen molar-refractivity contribution in [3.63, 3.8) is 0 Å². The largest absolute Gasteiger partial charge is 0.324 e. The molecule has 0 heterocycles. The van der Waals surface area contributed by atoms with Gasteiger partial charge in [0.15, 0.2) is 0 Å². The van der Waals surface area contributed by atoms with Crippen LogP contribution in [0.3, 0.4) is 0 Å². The van der Waals surface area contributed by atoms with E-state index in [0.717, 1.165) is 7.88 Å². The van der Waals surface area contributed by atoms with Crippen molar-refractivity contribution < 1.29 is 13.2 Å². The van der Waals surface area contributed by atoms with E-state index in [4.69, 9.17) is 23.2 Å². The second-order valence-corrected chi connectivity index (χ2v) is 9.90. The Morgan fingerprint density at radius 2 is 1.59 bits per heavy atom. The molecule has 150 valence electrons. The van der Waals surface area contributed by atoms with Gasteiger partial charge < -0.3 is 5.32 Å². The van der Waals surface area contributed by atoms with E-state index in [-0.39, 0.29) is 9.92 Å². The van der Waals surface area contributed by atoms with E-state index >= 15 is 0 Å². The van der Waals surface area contributed by atoms with Crippen LogP contribution >= 0.6 is 45.8 Å². The number of rotatable bonds is 6. The molecule has 0 radical (unpaired) electrons. The smallest absolute Gasteiger partial charge is 0.264 e. The number of anilines is 2. The molecule has 0 fully saturated rings. The highest BCUT2D eigenvalue weighted by atomic mass is 127. The van der Waals surface area contributed by atoms with Gasteiger partial charge in [-0.3, -0.25) is 9.10 Å². The molecule has 0 unspecified atom stereocenters. The molecule has 5 nitrogen and oxygen atoms in total. The molecule has 0 atom stereocenters. The first kappa shape index (κ1) is 21.9. The van der Waals surface area contributed by atoms with Crippen molar-refractivity contribution in [3.8, 4) is 0 Å². The van der Waals surface area contributed by atoms with Crippen LogP contribution in [-0.2, 0) is 14.8 Å². The van der Waals surface area contributed by atoms with Gasteiger partial charge in [0.1, 0.15) is 6.54 Å². The van der Waals surface area contributed by atoms with Crippen LogP contribution < -0.4 is 9.62 Å². The van der Waals surface area contributed by atoms with Crippen LogP contribution in [0, 0.1) is 3.57 Å². The van der Waals surface area contributed by atoms with Gasteiger partial charge in [0.2, 0.25) is 5.91 Å². The fraction of sp³-hybridized carbons (Fsp3) is 0.0500. The SMILES string of the molecule is O=C(CN(c1ccc(I)cc1)S(=O)(=O)c1ccccc1)Nc1ccc(Cl)c(Cl)c1. The predicted octanol–water partition coefficient (Wildman–Crippen LogP) is 5.43. The molecule has 9 heteroatoms. The summed E-state index contributed by atoms with van der Waals surface area (Å²) < 4.78 is 28.4. The predicted molar refractivity (Wildman–Crippen MR) is 125 cm³/mol. The van der Waals surface area contributed by atoms with Crippen LogP contribution in [0.2, 0.25) is 10.0 Å². The maximum Gasteiger partial charge on any atom is 0.264 e. The summed E-state index contributed by atoms with van der Waals surface area (Å²) in [5, 5.41) is 3.30. The van der Waals surface area contributed by atoms with Crippen molar-refractivity contribution in [1.82, 2.24) is 0 Å². The van der Waals surface area contributed by atoms with E-state index in [2.05, 4.69) is 27.9 Å². The summed E-state index contributed by atoms with van der Waals surface area (Å²) in [6.07, 6.45) is 0. The number of halogens is 3. The van der Waals surface area contributed by atoms with Gasteiger partial charge in [-0.15, -0.1) is 0 Å². The Labute approximate surface area is 192 Å². The topological polar surface area (TPSA) is 66.5 Å². The fourth-order valence-electron chi connectivity index (χ4n) is 2.55. The van der Waals surface area contributed by atoms with Crippen LogP contribution in [-0.4, -0.2) is 20.9 Å². The summed E-state index contributed by atoms with van der Waals surface area (Å²) in [7, 11) is -3.95. The van der Waals surface area contributed by atoms with Gasteiger partial charge >= 0.3 is 0 Å². The molecule has 3 rings (SSSR count). The Hall–Kier alpha value is -1.81. The van der Waals surface area contributed by atoms with E-state index in [1.807, 2.05) is 0 Å². The molecular formula is C20H15Cl2IN2O3S. The number of sulfonamides is 1. The highest BCUT2D eigenvalue weighted by Crippen LogP contribution is 2.26. The molecule has 29 heavy (non-hydrogen) atoms. The van der Waals surface area contributed by atoms with Gasteiger partial charge in [-0.1, -0.05) is 41.4 Å². The summed E-state index contributed by atoms with van der Waals surface area (Å²) in [4.78, 5) is 12.7. The number of carbonyl (C=O) groups excluding carboxylic acids is 1. The Kier molecular flexibility index (Phi) is 7.05. The summed E-state index contributed by atoms with van der Waals surface area (Å²) >= 11 is 14.0. The van der Waals surface area contributed by atoms with Crippen LogP contribution in [0.15, 0.2) is 77.7 Å². The highest BCUT2D eigenvalue weighted by Gasteiger charge is 2.27. The number of amides is 1. The third kappa shape index (κ3) is 5.42. The normalized spacial score (nSPS) is 11.1. The van der Waals surface area contributed by atoms with Gasteiger partial charge in [0, 0.05) is 9.26 Å². The average Bonchev–Trinajstić information content (AvgIpc) is 2.70. The molecule has 0 aliphatic carbocycles. The summed E-state index contributed by atoms with van der Waals surface area (Å²) in [5.74, 6) is -0.513. The number of hydrogen-bond acceptors (Lipinski definition) is 3. The summed E-state index contributed by atoms with van der Waals surface area (Å²) in [6, 6.07) is 19.5. The third-order valence-electron chi connectivity index (χ3n) is 3.94. The van der Waals surface area contributed by atoms with Crippen LogP contribution in [0.1, 0.15) is 0 Å². The average molecular weight is 561 g/mol. The summed E-state index contributed by atoms with van der Waals surface area (Å²) in [5.41, 5.74) is 0.808. The fourth-order valence-corrected chi connectivity index (χ4v) is 4.65. The monoisotopic (exact) mass is 560 g/mol. The standard InChI is InChI=1S/C20H15Cl2IN2O3S/c21-18-11-8-15(12-19(18)22)24-20(26)13-25(16-9-6-14(23)7-10-16)29(27,28)17-4-2-1-3-5-17/h1-12H,13H2,(H,24,26). The molecule has 0 aromatic heterocycles. The Morgan fingerprint density at radius 1 is 0.931 bits per heavy atom. The molecule has 1 N–H and O–H groups in total. The van der Waals surface area contributed by atoms with Gasteiger partial charge in [0.05, 0.1) is 20.6 Å². The first-order chi connectivity index (χ1) is 13.8. The second-order valence-electron chi connectivity index (χ2n) is 5.98. The van der Waals surface area contributed by atoms with Crippen molar-refractivity contribution >= 4 is 73.1 Å². The quantitative estimate of drug-likeness (QED) is 0.409. The van der Waals surface area contributed by atoms with Crippen molar-refractivity contribution in [1.29, 1.82) is 0 Å². The first-order valence-corrected chi connectivity index (χ1v) is 11.6. The van der Waals surface area contributed by atoms with Crippen molar-refractivity contribution in [2.75, 3.05) is 16.2 Å². The number of hydrogen-bond donors (Lipinski definition) is 1. The van der Waals surface area contributed by atoms with Crippen LogP contribution in [0.25, 0.3) is 0 Å². The lowest BCUT2D eigenvalue weighted by Crippen LogP contribution is -2.38. The van der Waals surface area contributed by atoms with E-state index in [1.165, 1.54) is 18.2 Å². The highest BCUT2D eigenvalue weighted by molar-refractivity contribution is 14.1. The zero-order valence-electron chi connectivity index (χ0n) is 14.8. The summed E-state index contributed by atoms with van der Waals surface area (Å²) in [6.45, 7) is -0.405. The molecule has 0 aliphatic heterocycles. The maximum absolute atomic E-state index is 13.2. The molecule has 0 saturated carbocycles. The molecule has 0 aliphatic rings. The van der Waals surface area contributed by atoms with E-state index in [0.29, 0.717) is 16.4 Å². The molecule has 0 spiro atoms. The van der Waals surface area contributed by atoms with Gasteiger partial charge in [0.25, 0.3) is 10.0 Å². The number of benzene rings is 3. The van der Waals surface area contributed by atoms with Crippen LogP contribution in [0.5, 0.6) is 0 Å². The Bertz CT molecular complexity index is 1120. The molecule has 0 bridgehead atoms. The van der Waals surface area contributed by atoms with E-state index in [9.17, 15) is 13.2 Å². The Balaban J connectivity index is 1.92. The molecule has 0 saturated heterocycles.